The van der Waals surface area contributed by atoms with Crippen molar-refractivity contribution in [2.24, 2.45) is 0 Å². The van der Waals surface area contributed by atoms with Crippen LogP contribution in [0, 0.1) is 0 Å². The van der Waals surface area contributed by atoms with Crippen molar-refractivity contribution in [2.75, 3.05) is 31.5 Å². The van der Waals surface area contributed by atoms with E-state index in [4.69, 9.17) is 11.6 Å². The van der Waals surface area contributed by atoms with Crippen LogP contribution in [0.3, 0.4) is 0 Å². The van der Waals surface area contributed by atoms with E-state index < -0.39 is 17.1 Å². The summed E-state index contributed by atoms with van der Waals surface area (Å²) >= 11 is 6.13. The number of halogens is 4. The van der Waals surface area contributed by atoms with Crippen molar-refractivity contribution in [2.45, 2.75) is 25.6 Å². The van der Waals surface area contributed by atoms with Gasteiger partial charge in [-0.05, 0) is 17.7 Å². The topological polar surface area (TPSA) is 78.4 Å². The lowest BCUT2D eigenvalue weighted by atomic mass is 10.2. The van der Waals surface area contributed by atoms with E-state index in [9.17, 15) is 22.8 Å². The van der Waals surface area contributed by atoms with Gasteiger partial charge in [-0.15, -0.1) is 10.2 Å². The number of aromatic nitrogens is 2. The van der Waals surface area contributed by atoms with Gasteiger partial charge in [0, 0.05) is 50.6 Å². The second-order valence-electron chi connectivity index (χ2n) is 6.74. The maximum Gasteiger partial charge on any atom is 0.445 e. The van der Waals surface area contributed by atoms with Crippen molar-refractivity contribution in [3.63, 3.8) is 0 Å². The molecule has 0 radical (unpaired) electrons. The molecule has 1 N–H and O–H groups in total. The van der Waals surface area contributed by atoms with Crippen LogP contribution in [-0.4, -0.2) is 58.0 Å². The second kappa shape index (κ2) is 9.71. The van der Waals surface area contributed by atoms with Gasteiger partial charge < -0.3 is 10.2 Å². The highest BCUT2D eigenvalue weighted by Crippen LogP contribution is 2.33. The summed E-state index contributed by atoms with van der Waals surface area (Å²) in [4.78, 5) is 28.2. The first kappa shape index (κ1) is 22.4. The van der Waals surface area contributed by atoms with E-state index in [2.05, 4.69) is 20.4 Å². The Hall–Kier alpha value is -2.24. The number of nitrogens with one attached hydrogen (secondary N) is 1. The Kier molecular flexibility index (Phi) is 7.27. The average Bonchev–Trinajstić information content (AvgIpc) is 3.17. The van der Waals surface area contributed by atoms with E-state index >= 15 is 0 Å². The lowest BCUT2D eigenvalue weighted by Gasteiger charge is -2.34. The molecule has 0 aliphatic carbocycles. The molecule has 0 spiro atoms. The minimum Gasteiger partial charge on any atom is -0.340 e. The van der Waals surface area contributed by atoms with Crippen molar-refractivity contribution in [3.05, 3.63) is 39.9 Å². The third-order valence-electron chi connectivity index (χ3n) is 4.52. The van der Waals surface area contributed by atoms with Gasteiger partial charge in [-0.25, -0.2) is 0 Å². The number of amides is 2. The van der Waals surface area contributed by atoms with Crippen molar-refractivity contribution in [1.82, 2.24) is 20.0 Å². The average molecular weight is 462 g/mol. The van der Waals surface area contributed by atoms with Crippen LogP contribution in [0.5, 0.6) is 0 Å². The summed E-state index contributed by atoms with van der Waals surface area (Å²) < 4.78 is 37.5. The number of hydrogen-bond donors (Lipinski definition) is 1. The van der Waals surface area contributed by atoms with Crippen molar-refractivity contribution < 1.29 is 22.8 Å². The van der Waals surface area contributed by atoms with Crippen LogP contribution in [0.25, 0.3) is 0 Å². The fraction of sp³-hybridized carbons (Fsp3) is 0.444. The summed E-state index contributed by atoms with van der Waals surface area (Å²) in [5.41, 5.74) is 1.14. The molecular formula is C18H19ClF3N5O2S. The Morgan fingerprint density at radius 2 is 1.73 bits per heavy atom. The van der Waals surface area contributed by atoms with Crippen LogP contribution in [0.15, 0.2) is 24.3 Å². The Morgan fingerprint density at radius 1 is 1.07 bits per heavy atom. The van der Waals surface area contributed by atoms with Gasteiger partial charge in [-0.2, -0.15) is 13.2 Å². The lowest BCUT2D eigenvalue weighted by molar-refractivity contribution is -0.138. The van der Waals surface area contributed by atoms with E-state index in [0.717, 1.165) is 12.1 Å². The highest BCUT2D eigenvalue weighted by atomic mass is 35.5. The zero-order chi connectivity index (χ0) is 21.7. The number of rotatable bonds is 6. The Balaban J connectivity index is 1.38. The van der Waals surface area contributed by atoms with Crippen LogP contribution in [0.1, 0.15) is 23.4 Å². The highest BCUT2D eigenvalue weighted by molar-refractivity contribution is 7.15. The molecule has 3 rings (SSSR count). The van der Waals surface area contributed by atoms with E-state index in [1.807, 2.05) is 24.3 Å². The minimum absolute atomic E-state index is 0.0199. The first-order valence-corrected chi connectivity index (χ1v) is 10.4. The number of piperazine rings is 1. The number of hydrogen-bond acceptors (Lipinski definition) is 6. The largest absolute Gasteiger partial charge is 0.445 e. The Bertz CT molecular complexity index is 883. The predicted molar refractivity (Wildman–Crippen MR) is 106 cm³/mol. The van der Waals surface area contributed by atoms with Crippen molar-refractivity contribution in [3.8, 4) is 0 Å². The first-order chi connectivity index (χ1) is 14.2. The van der Waals surface area contributed by atoms with Crippen molar-refractivity contribution in [1.29, 1.82) is 0 Å². The minimum atomic E-state index is -4.60. The number of anilines is 1. The number of benzene rings is 1. The summed E-state index contributed by atoms with van der Waals surface area (Å²) in [6, 6.07) is 7.61. The van der Waals surface area contributed by atoms with Crippen LogP contribution < -0.4 is 5.32 Å². The number of carbonyl (C=O) groups excluding carboxylic acids is 2. The van der Waals surface area contributed by atoms with Crippen LogP contribution in [0.4, 0.5) is 18.3 Å². The maximum absolute atomic E-state index is 12.5. The molecule has 0 unspecified atom stereocenters. The predicted octanol–water partition coefficient (Wildman–Crippen LogP) is 3.27. The van der Waals surface area contributed by atoms with Gasteiger partial charge in [-0.1, -0.05) is 35.1 Å². The third-order valence-corrected chi connectivity index (χ3v) is 5.66. The normalized spacial score (nSPS) is 15.3. The monoisotopic (exact) mass is 461 g/mol. The van der Waals surface area contributed by atoms with E-state index in [1.165, 1.54) is 0 Å². The lowest BCUT2D eigenvalue weighted by Crippen LogP contribution is -2.48. The van der Waals surface area contributed by atoms with Crippen LogP contribution in [-0.2, 0) is 22.3 Å². The number of alkyl halides is 3. The molecule has 1 aliphatic heterocycles. The Morgan fingerprint density at radius 3 is 2.33 bits per heavy atom. The zero-order valence-electron chi connectivity index (χ0n) is 15.8. The molecule has 30 heavy (non-hydrogen) atoms. The fourth-order valence-corrected chi connectivity index (χ4v) is 3.71. The van der Waals surface area contributed by atoms with Crippen LogP contribution >= 0.6 is 22.9 Å². The SMILES string of the molecule is O=C(CCC(=O)N1CCN(Cc2ccc(Cl)cc2)CC1)Nc1nnc(C(F)(F)F)s1. The molecule has 162 valence electrons. The summed E-state index contributed by atoms with van der Waals surface area (Å²) in [5, 5.41) is 7.85. The molecule has 1 aromatic heterocycles. The molecule has 0 bridgehead atoms. The molecule has 12 heteroatoms. The van der Waals surface area contributed by atoms with E-state index in [-0.39, 0.29) is 35.2 Å². The summed E-state index contributed by atoms with van der Waals surface area (Å²) in [7, 11) is 0. The first-order valence-electron chi connectivity index (χ1n) is 9.16. The number of carbonyl (C=O) groups is 2. The molecule has 0 atom stereocenters. The van der Waals surface area contributed by atoms with Crippen LogP contribution in [0.2, 0.25) is 5.02 Å². The van der Waals surface area contributed by atoms with Crippen molar-refractivity contribution >= 4 is 39.9 Å². The quantitative estimate of drug-likeness (QED) is 0.714. The van der Waals surface area contributed by atoms with E-state index in [1.54, 1.807) is 4.90 Å². The van der Waals surface area contributed by atoms with E-state index in [0.29, 0.717) is 31.2 Å². The molecule has 2 amide bonds. The van der Waals surface area contributed by atoms with Gasteiger partial charge in [-0.3, -0.25) is 14.5 Å². The summed E-state index contributed by atoms with van der Waals surface area (Å²) in [6.45, 7) is 3.30. The molecule has 1 aromatic carbocycles. The van der Waals surface area contributed by atoms with Gasteiger partial charge in [0.2, 0.25) is 22.0 Å². The van der Waals surface area contributed by atoms with Gasteiger partial charge >= 0.3 is 6.18 Å². The highest BCUT2D eigenvalue weighted by Gasteiger charge is 2.35. The van der Waals surface area contributed by atoms with Gasteiger partial charge in [0.15, 0.2) is 0 Å². The molecular weight excluding hydrogens is 443 g/mol. The number of nitrogens with zero attached hydrogens (tertiary/aromatic N) is 4. The summed E-state index contributed by atoms with van der Waals surface area (Å²) in [6.07, 6.45) is -4.76. The third kappa shape index (κ3) is 6.38. The molecule has 1 fully saturated rings. The fourth-order valence-electron chi connectivity index (χ4n) is 2.95. The zero-order valence-corrected chi connectivity index (χ0v) is 17.4. The van der Waals surface area contributed by atoms with Gasteiger partial charge in [0.1, 0.15) is 0 Å². The maximum atomic E-state index is 12.5. The summed E-state index contributed by atoms with van der Waals surface area (Å²) in [5.74, 6) is -0.737. The second-order valence-corrected chi connectivity index (χ2v) is 8.16. The Labute approximate surface area is 179 Å². The molecule has 1 aliphatic rings. The molecule has 1 saturated heterocycles. The molecule has 0 saturated carbocycles. The van der Waals surface area contributed by atoms with Gasteiger partial charge in [0.05, 0.1) is 0 Å². The smallest absolute Gasteiger partial charge is 0.340 e. The molecule has 2 aromatic rings. The molecule has 7 nitrogen and oxygen atoms in total. The molecule has 2 heterocycles. The standard InChI is InChI=1S/C18H19ClF3N5O2S/c19-13-3-1-12(2-4-13)11-26-7-9-27(10-8-26)15(29)6-5-14(28)23-17-25-24-16(30-17)18(20,21)22/h1-4H,5-11H2,(H,23,25,28). The van der Waals surface area contributed by atoms with Gasteiger partial charge in [0.25, 0.3) is 0 Å².